The van der Waals surface area contributed by atoms with Gasteiger partial charge in [0.15, 0.2) is 0 Å². The molecule has 0 fully saturated rings. The maximum atomic E-state index is 12.5. The second kappa shape index (κ2) is 7.73. The Balaban J connectivity index is 2.80. The number of hydrogen-bond donors (Lipinski definition) is 0. The molecule has 0 N–H and O–H groups in total. The lowest BCUT2D eigenvalue weighted by Crippen LogP contribution is -2.08. The molecule has 0 aromatic heterocycles. The molecule has 0 aliphatic rings. The van der Waals surface area contributed by atoms with Gasteiger partial charge < -0.3 is 9.05 Å². The van der Waals surface area contributed by atoms with E-state index in [4.69, 9.17) is 9.05 Å². The Hall–Kier alpha value is -0.630. The van der Waals surface area contributed by atoms with Crippen molar-refractivity contribution >= 4 is 7.60 Å². The minimum atomic E-state index is -2.96. The van der Waals surface area contributed by atoms with E-state index in [1.54, 1.807) is 0 Å². The molecule has 4 heteroatoms. The molecule has 1 aromatic rings. The summed E-state index contributed by atoms with van der Waals surface area (Å²) in [5.74, 6) is 0.218. The molecule has 0 saturated carbocycles. The molecule has 3 nitrogen and oxygen atoms in total. The van der Waals surface area contributed by atoms with Gasteiger partial charge in [0, 0.05) is 0 Å². The summed E-state index contributed by atoms with van der Waals surface area (Å²) in [5, 5.41) is 0. The zero-order valence-corrected chi connectivity index (χ0v) is 12.4. The van der Waals surface area contributed by atoms with Gasteiger partial charge in [-0.3, -0.25) is 4.57 Å². The molecule has 0 aliphatic heterocycles. The summed E-state index contributed by atoms with van der Waals surface area (Å²) in [7, 11) is -2.96. The molecular formula is C14H23O3P. The number of rotatable bonds is 8. The van der Waals surface area contributed by atoms with E-state index >= 15 is 0 Å². The molecule has 102 valence electrons. The maximum absolute atomic E-state index is 12.5. The van der Waals surface area contributed by atoms with Gasteiger partial charge in [-0.05, 0) is 31.7 Å². The lowest BCUT2D eigenvalue weighted by Gasteiger charge is -2.22. The highest BCUT2D eigenvalue weighted by molar-refractivity contribution is 7.53. The van der Waals surface area contributed by atoms with Gasteiger partial charge >= 0.3 is 7.60 Å². The average molecular weight is 270 g/mol. The van der Waals surface area contributed by atoms with E-state index in [0.717, 1.165) is 6.42 Å². The monoisotopic (exact) mass is 270 g/mol. The van der Waals surface area contributed by atoms with Crippen LogP contribution in [0.1, 0.15) is 38.7 Å². The van der Waals surface area contributed by atoms with Gasteiger partial charge in [-0.25, -0.2) is 0 Å². The molecule has 0 radical (unpaired) electrons. The average Bonchev–Trinajstić information content (AvgIpc) is 2.38. The van der Waals surface area contributed by atoms with Crippen molar-refractivity contribution in [2.24, 2.45) is 0 Å². The zero-order valence-electron chi connectivity index (χ0n) is 11.5. The summed E-state index contributed by atoms with van der Waals surface area (Å²) >= 11 is 0. The van der Waals surface area contributed by atoms with Crippen LogP contribution >= 0.6 is 7.60 Å². The number of benzene rings is 1. The number of hydrogen-bond acceptors (Lipinski definition) is 3. The van der Waals surface area contributed by atoms with E-state index < -0.39 is 7.60 Å². The lowest BCUT2D eigenvalue weighted by atomic mass is 9.99. The van der Waals surface area contributed by atoms with Crippen molar-refractivity contribution in [3.05, 3.63) is 35.9 Å². The first-order chi connectivity index (χ1) is 8.65. The van der Waals surface area contributed by atoms with Crippen LogP contribution < -0.4 is 0 Å². The molecule has 18 heavy (non-hydrogen) atoms. The third kappa shape index (κ3) is 4.56. The van der Waals surface area contributed by atoms with Crippen molar-refractivity contribution in [1.29, 1.82) is 0 Å². The van der Waals surface area contributed by atoms with Gasteiger partial charge in [0.1, 0.15) is 0 Å². The van der Waals surface area contributed by atoms with Crippen molar-refractivity contribution in [3.8, 4) is 0 Å². The van der Waals surface area contributed by atoms with Crippen LogP contribution in [0.2, 0.25) is 0 Å². The Kier molecular flexibility index (Phi) is 6.62. The summed E-state index contributed by atoms with van der Waals surface area (Å²) in [6, 6.07) is 10.1. The lowest BCUT2D eigenvalue weighted by molar-refractivity contribution is 0.218. The van der Waals surface area contributed by atoms with E-state index in [0.29, 0.717) is 19.4 Å². The summed E-state index contributed by atoms with van der Waals surface area (Å²) in [6.45, 7) is 6.62. The van der Waals surface area contributed by atoms with Gasteiger partial charge in [-0.2, -0.15) is 0 Å². The highest BCUT2D eigenvalue weighted by Gasteiger charge is 2.28. The van der Waals surface area contributed by atoms with Crippen LogP contribution in [0.25, 0.3) is 0 Å². The van der Waals surface area contributed by atoms with E-state index in [-0.39, 0.29) is 5.92 Å². The predicted molar refractivity (Wildman–Crippen MR) is 75.2 cm³/mol. The molecular weight excluding hydrogens is 247 g/mol. The van der Waals surface area contributed by atoms with Crippen LogP contribution in [0.3, 0.4) is 0 Å². The van der Waals surface area contributed by atoms with Crippen LogP contribution in [0.15, 0.2) is 30.3 Å². The van der Waals surface area contributed by atoms with Crippen molar-refractivity contribution in [3.63, 3.8) is 0 Å². The van der Waals surface area contributed by atoms with Crippen molar-refractivity contribution in [1.82, 2.24) is 0 Å². The summed E-state index contributed by atoms with van der Waals surface area (Å²) in [5.41, 5.74) is 1.19. The fraction of sp³-hybridized carbons (Fsp3) is 0.571. The van der Waals surface area contributed by atoms with Crippen molar-refractivity contribution in [2.75, 3.05) is 19.4 Å². The first-order valence-electron chi connectivity index (χ1n) is 6.58. The van der Waals surface area contributed by atoms with Crippen LogP contribution in [-0.4, -0.2) is 19.4 Å². The van der Waals surface area contributed by atoms with Gasteiger partial charge in [0.05, 0.1) is 19.4 Å². The van der Waals surface area contributed by atoms with Crippen molar-refractivity contribution in [2.45, 2.75) is 33.1 Å². The van der Waals surface area contributed by atoms with Crippen LogP contribution in [-0.2, 0) is 13.6 Å². The molecule has 1 atom stereocenters. The molecule has 1 aromatic carbocycles. The summed E-state index contributed by atoms with van der Waals surface area (Å²) < 4.78 is 23.2. The third-order valence-corrected chi connectivity index (χ3v) is 5.05. The summed E-state index contributed by atoms with van der Waals surface area (Å²) in [6.07, 6.45) is 1.38. The quantitative estimate of drug-likeness (QED) is 0.655. The van der Waals surface area contributed by atoms with E-state index in [2.05, 4.69) is 19.1 Å². The Labute approximate surface area is 110 Å². The van der Waals surface area contributed by atoms with E-state index in [1.807, 2.05) is 32.0 Å². The van der Waals surface area contributed by atoms with Gasteiger partial charge in [0.25, 0.3) is 0 Å². The minimum absolute atomic E-state index is 0.218. The third-order valence-electron chi connectivity index (χ3n) is 2.86. The van der Waals surface area contributed by atoms with Crippen LogP contribution in [0.5, 0.6) is 0 Å². The molecule has 0 saturated heterocycles. The molecule has 0 amide bonds. The maximum Gasteiger partial charge on any atom is 0.331 e. The molecule has 0 heterocycles. The molecule has 0 aliphatic carbocycles. The van der Waals surface area contributed by atoms with E-state index in [9.17, 15) is 4.57 Å². The topological polar surface area (TPSA) is 35.5 Å². The van der Waals surface area contributed by atoms with Gasteiger partial charge in [-0.1, -0.05) is 37.3 Å². The SMILES string of the molecule is CCOP(=O)(C[C@H](CC)c1ccccc1)OCC. The van der Waals surface area contributed by atoms with Gasteiger partial charge in [-0.15, -0.1) is 0 Å². The Morgan fingerprint density at radius 1 is 1.06 bits per heavy atom. The fourth-order valence-corrected chi connectivity index (χ4v) is 4.08. The predicted octanol–water partition coefficient (Wildman–Crippen LogP) is 4.45. The fourth-order valence-electron chi connectivity index (χ4n) is 2.00. The zero-order chi connectivity index (χ0) is 13.4. The normalized spacial score (nSPS) is 13.5. The van der Waals surface area contributed by atoms with E-state index in [1.165, 1.54) is 5.56 Å². The molecule has 0 spiro atoms. The molecule has 0 unspecified atom stereocenters. The van der Waals surface area contributed by atoms with Crippen molar-refractivity contribution < 1.29 is 13.6 Å². The minimum Gasteiger partial charge on any atom is -0.309 e. The Bertz CT molecular complexity index is 368. The summed E-state index contributed by atoms with van der Waals surface area (Å²) in [4.78, 5) is 0. The van der Waals surface area contributed by atoms with Gasteiger partial charge in [0.2, 0.25) is 0 Å². The standard InChI is InChI=1S/C14H23O3P/c1-4-13(14-10-8-7-9-11-14)12-18(15,16-5-2)17-6-3/h7-11,13H,4-6,12H2,1-3H3/t13-/m0/s1. The first-order valence-corrected chi connectivity index (χ1v) is 8.31. The smallest absolute Gasteiger partial charge is 0.309 e. The molecule has 1 rings (SSSR count). The molecule has 0 bridgehead atoms. The Morgan fingerprint density at radius 2 is 1.61 bits per heavy atom. The second-order valence-electron chi connectivity index (χ2n) is 4.14. The highest BCUT2D eigenvalue weighted by Crippen LogP contribution is 2.51. The first kappa shape index (κ1) is 15.4. The second-order valence-corrected chi connectivity index (χ2v) is 6.25. The van der Waals surface area contributed by atoms with Crippen LogP contribution in [0, 0.1) is 0 Å². The largest absolute Gasteiger partial charge is 0.331 e. The Morgan fingerprint density at radius 3 is 2.06 bits per heavy atom. The highest BCUT2D eigenvalue weighted by atomic mass is 31.2. The van der Waals surface area contributed by atoms with Crippen LogP contribution in [0.4, 0.5) is 0 Å².